The molecule has 2 rings (SSSR count). The van der Waals surface area contributed by atoms with Gasteiger partial charge in [0.05, 0.1) is 5.92 Å². The second kappa shape index (κ2) is 4.47. The zero-order chi connectivity index (χ0) is 16.2. The van der Waals surface area contributed by atoms with E-state index in [1.54, 1.807) is 20.8 Å². The molecule has 2 saturated carbocycles. The smallest absolute Gasteiger partial charge is 0.408 e. The monoisotopic (exact) mass is 297 g/mol. The van der Waals surface area contributed by atoms with Crippen molar-refractivity contribution in [2.45, 2.75) is 38.3 Å². The quantitative estimate of drug-likeness (QED) is 0.675. The summed E-state index contributed by atoms with van der Waals surface area (Å²) in [5.74, 6) is -4.20. The molecule has 0 saturated heterocycles. The van der Waals surface area contributed by atoms with Crippen LogP contribution in [-0.4, -0.2) is 39.4 Å². The van der Waals surface area contributed by atoms with Gasteiger partial charge in [0.1, 0.15) is 11.1 Å². The maximum absolute atomic E-state index is 11.9. The first-order valence-corrected chi connectivity index (χ1v) is 6.64. The van der Waals surface area contributed by atoms with Gasteiger partial charge in [0.25, 0.3) is 0 Å². The Morgan fingerprint density at radius 2 is 1.90 bits per heavy atom. The van der Waals surface area contributed by atoms with Gasteiger partial charge in [0.15, 0.2) is 0 Å². The third-order valence-electron chi connectivity index (χ3n) is 3.96. The molecule has 0 aromatic heterocycles. The van der Waals surface area contributed by atoms with Gasteiger partial charge >= 0.3 is 18.0 Å². The summed E-state index contributed by atoms with van der Waals surface area (Å²) in [5.41, 5.74) is -1.87. The highest BCUT2D eigenvalue weighted by Crippen LogP contribution is 2.64. The number of nitrogens with one attached hydrogen (secondary N) is 1. The van der Waals surface area contributed by atoms with Crippen molar-refractivity contribution in [1.29, 1.82) is 0 Å². The molecule has 4 atom stereocenters. The van der Waals surface area contributed by atoms with Crippen molar-refractivity contribution in [1.82, 2.24) is 5.32 Å². The van der Waals surface area contributed by atoms with E-state index in [9.17, 15) is 19.5 Å². The number of hydrogen-bond donors (Lipinski definition) is 3. The van der Waals surface area contributed by atoms with Crippen LogP contribution in [0, 0.1) is 17.8 Å². The average molecular weight is 297 g/mol. The molecular formula is C14H19NO6. The summed E-state index contributed by atoms with van der Waals surface area (Å²) < 4.78 is 5.08. The molecule has 0 heterocycles. The van der Waals surface area contributed by atoms with E-state index < -0.39 is 46.9 Å². The van der Waals surface area contributed by atoms with E-state index in [2.05, 4.69) is 11.9 Å². The molecule has 1 amide bonds. The fourth-order valence-corrected chi connectivity index (χ4v) is 3.22. The van der Waals surface area contributed by atoms with Crippen molar-refractivity contribution in [2.75, 3.05) is 0 Å². The zero-order valence-corrected chi connectivity index (χ0v) is 12.2. The largest absolute Gasteiger partial charge is 0.481 e. The lowest BCUT2D eigenvalue weighted by Gasteiger charge is -2.30. The molecule has 2 aliphatic rings. The van der Waals surface area contributed by atoms with Crippen LogP contribution in [-0.2, 0) is 14.3 Å². The fourth-order valence-electron chi connectivity index (χ4n) is 3.22. The summed E-state index contributed by atoms with van der Waals surface area (Å²) in [6.45, 7) is 8.73. The van der Waals surface area contributed by atoms with Crippen LogP contribution < -0.4 is 5.32 Å². The van der Waals surface area contributed by atoms with Gasteiger partial charge in [-0.2, -0.15) is 0 Å². The van der Waals surface area contributed by atoms with Crippen LogP contribution in [0.15, 0.2) is 12.2 Å². The van der Waals surface area contributed by atoms with Gasteiger partial charge in [0, 0.05) is 12.3 Å². The number of alkyl carbamates (subject to hydrolysis) is 1. The maximum Gasteiger partial charge on any atom is 0.408 e. The third-order valence-corrected chi connectivity index (χ3v) is 3.96. The second-order valence-electron chi connectivity index (χ2n) is 6.65. The summed E-state index contributed by atoms with van der Waals surface area (Å²) in [5, 5.41) is 21.0. The van der Waals surface area contributed by atoms with Gasteiger partial charge in [-0.1, -0.05) is 12.2 Å². The summed E-state index contributed by atoms with van der Waals surface area (Å²) in [6.07, 6.45) is -0.838. The normalized spacial score (nSPS) is 34.0. The number of fused-ring (bicyclic) bond motifs is 1. The van der Waals surface area contributed by atoms with Gasteiger partial charge in [0.2, 0.25) is 0 Å². The van der Waals surface area contributed by atoms with E-state index in [1.165, 1.54) is 0 Å². The van der Waals surface area contributed by atoms with Crippen molar-refractivity contribution < 1.29 is 29.3 Å². The first kappa shape index (κ1) is 15.3. The highest BCUT2D eigenvalue weighted by Gasteiger charge is 2.73. The molecule has 2 fully saturated rings. The molecule has 0 unspecified atom stereocenters. The van der Waals surface area contributed by atoms with E-state index in [4.69, 9.17) is 9.84 Å². The molecule has 0 radical (unpaired) electrons. The van der Waals surface area contributed by atoms with Crippen LogP contribution in [0.3, 0.4) is 0 Å². The van der Waals surface area contributed by atoms with Crippen molar-refractivity contribution in [3.8, 4) is 0 Å². The molecule has 0 aliphatic heterocycles. The van der Waals surface area contributed by atoms with E-state index in [0.717, 1.165) is 0 Å². The van der Waals surface area contributed by atoms with Crippen molar-refractivity contribution in [2.24, 2.45) is 17.8 Å². The molecule has 2 aliphatic carbocycles. The van der Waals surface area contributed by atoms with Gasteiger partial charge in [-0.05, 0) is 26.7 Å². The minimum absolute atomic E-state index is 0.0285. The van der Waals surface area contributed by atoms with E-state index in [0.29, 0.717) is 5.57 Å². The number of carboxylic acids is 2. The lowest BCUT2D eigenvalue weighted by atomic mass is 9.89. The molecule has 116 valence electrons. The molecule has 7 nitrogen and oxygen atoms in total. The number of carbonyl (C=O) groups is 3. The SMILES string of the molecule is C=C1C[C@@](NC(=O)OC(C)(C)C)(C(=O)O)[C@H]2[C@@H]1[C@@H]2C(=O)O. The van der Waals surface area contributed by atoms with E-state index >= 15 is 0 Å². The van der Waals surface area contributed by atoms with Crippen LogP contribution in [0.4, 0.5) is 4.79 Å². The highest BCUT2D eigenvalue weighted by molar-refractivity contribution is 5.90. The molecular weight excluding hydrogens is 278 g/mol. The van der Waals surface area contributed by atoms with E-state index in [1.807, 2.05) is 0 Å². The van der Waals surface area contributed by atoms with Gasteiger partial charge in [-0.3, -0.25) is 4.79 Å². The van der Waals surface area contributed by atoms with Crippen LogP contribution >= 0.6 is 0 Å². The predicted octanol–water partition coefficient (Wildman–Crippen LogP) is 1.24. The van der Waals surface area contributed by atoms with Gasteiger partial charge < -0.3 is 20.3 Å². The number of ether oxygens (including phenoxy) is 1. The summed E-state index contributed by atoms with van der Waals surface area (Å²) >= 11 is 0. The predicted molar refractivity (Wildman–Crippen MR) is 71.6 cm³/mol. The topological polar surface area (TPSA) is 113 Å². The Balaban J connectivity index is 2.23. The van der Waals surface area contributed by atoms with Crippen LogP contribution in [0.2, 0.25) is 0 Å². The van der Waals surface area contributed by atoms with Crippen molar-refractivity contribution >= 4 is 18.0 Å². The van der Waals surface area contributed by atoms with Crippen molar-refractivity contribution in [3.63, 3.8) is 0 Å². The molecule has 7 heteroatoms. The standard InChI is InChI=1S/C14H19NO6/c1-6-5-14(11(18)19,9-7(6)8(9)10(16)17)15-12(20)21-13(2,3)4/h7-9H,1,5H2,2-4H3,(H,15,20)(H,16,17)(H,18,19)/t7-,8-,9-,14-/m0/s1. The van der Waals surface area contributed by atoms with Crippen molar-refractivity contribution in [3.05, 3.63) is 12.2 Å². The number of aliphatic carboxylic acids is 2. The maximum atomic E-state index is 11.9. The Morgan fingerprint density at radius 1 is 1.33 bits per heavy atom. The number of carboxylic acid groups (broad SMARTS) is 2. The Kier molecular flexibility index (Phi) is 3.27. The molecule has 0 aromatic rings. The van der Waals surface area contributed by atoms with Crippen LogP contribution in [0.1, 0.15) is 27.2 Å². The third kappa shape index (κ3) is 2.48. The lowest BCUT2D eigenvalue weighted by molar-refractivity contribution is -0.146. The number of carbonyl (C=O) groups excluding carboxylic acids is 1. The van der Waals surface area contributed by atoms with E-state index in [-0.39, 0.29) is 6.42 Å². The average Bonchev–Trinajstić information content (AvgIpc) is 2.94. The van der Waals surface area contributed by atoms with Crippen LogP contribution in [0.25, 0.3) is 0 Å². The molecule has 0 spiro atoms. The summed E-state index contributed by atoms with van der Waals surface area (Å²) in [6, 6.07) is 0. The molecule has 3 N–H and O–H groups in total. The second-order valence-corrected chi connectivity index (χ2v) is 6.65. The first-order valence-electron chi connectivity index (χ1n) is 6.64. The lowest BCUT2D eigenvalue weighted by Crippen LogP contribution is -2.56. The zero-order valence-electron chi connectivity index (χ0n) is 12.2. The van der Waals surface area contributed by atoms with Crippen LogP contribution in [0.5, 0.6) is 0 Å². The number of rotatable bonds is 3. The Morgan fingerprint density at radius 3 is 2.29 bits per heavy atom. The molecule has 21 heavy (non-hydrogen) atoms. The summed E-state index contributed by atoms with van der Waals surface area (Å²) in [7, 11) is 0. The Labute approximate surface area is 122 Å². The minimum Gasteiger partial charge on any atom is -0.481 e. The fraction of sp³-hybridized carbons (Fsp3) is 0.643. The molecule has 0 bridgehead atoms. The number of amides is 1. The summed E-state index contributed by atoms with van der Waals surface area (Å²) in [4.78, 5) is 34.7. The van der Waals surface area contributed by atoms with Gasteiger partial charge in [-0.25, -0.2) is 9.59 Å². The Bertz CT molecular complexity index is 530. The number of hydrogen-bond acceptors (Lipinski definition) is 4. The molecule has 0 aromatic carbocycles. The highest BCUT2D eigenvalue weighted by atomic mass is 16.6. The Hall–Kier alpha value is -2.05. The minimum atomic E-state index is -1.65. The van der Waals surface area contributed by atoms with Gasteiger partial charge in [-0.15, -0.1) is 0 Å². The first-order chi connectivity index (χ1) is 9.49.